The highest BCUT2D eigenvalue weighted by atomic mass is 16.6. The minimum Gasteiger partial charge on any atom is -0.460 e. The van der Waals surface area contributed by atoms with Crippen molar-refractivity contribution in [1.82, 2.24) is 5.32 Å². The number of ether oxygens (including phenoxy) is 1. The van der Waals surface area contributed by atoms with Crippen molar-refractivity contribution in [3.05, 3.63) is 83.1 Å². The van der Waals surface area contributed by atoms with Crippen LogP contribution in [0.1, 0.15) is 99.0 Å². The van der Waals surface area contributed by atoms with Gasteiger partial charge in [0.15, 0.2) is 6.29 Å². The van der Waals surface area contributed by atoms with E-state index in [0.717, 1.165) is 91.2 Å². The van der Waals surface area contributed by atoms with Crippen molar-refractivity contribution in [1.29, 1.82) is 0 Å². The lowest BCUT2D eigenvalue weighted by Crippen LogP contribution is -2.32. The molecule has 0 aliphatic heterocycles. The van der Waals surface area contributed by atoms with Crippen LogP contribution in [-0.2, 0) is 28.8 Å². The number of carbonyl (C=O) groups excluding carboxylic acids is 1. The lowest BCUT2D eigenvalue weighted by atomic mass is 9.89. The molecule has 40 heavy (non-hydrogen) atoms. The maximum Gasteiger partial charge on any atom is 0.227 e. The molecule has 6 heteroatoms. The summed E-state index contributed by atoms with van der Waals surface area (Å²) in [6.07, 6.45) is 9.67. The number of carbonyl (C=O) groups is 1. The van der Waals surface area contributed by atoms with Crippen LogP contribution in [0.5, 0.6) is 0 Å². The number of rotatable bonds is 19. The molecule has 6 nitrogen and oxygen atoms in total. The molecule has 2 unspecified atom stereocenters. The maximum absolute atomic E-state index is 13.2. The van der Waals surface area contributed by atoms with Crippen molar-refractivity contribution in [3.8, 4) is 0 Å². The standard InChI is InChI=1S/C34H47NO5/c1-4-7-10-14-21-39-34(38)31-29-24-25(22-27(15-8-5-2)32(29)40-30(31)18-9-6-3)23-28(33(37)35-19-20-36)26-16-12-11-13-17-26/h4,11-13,16-17,22,24,28,34,36,38H,1,5-10,14-15,18-21,23H2,2-3H3,(H,35,37). The summed E-state index contributed by atoms with van der Waals surface area (Å²) in [4.78, 5) is 13.2. The second-order valence-corrected chi connectivity index (χ2v) is 10.5. The highest BCUT2D eigenvalue weighted by molar-refractivity contribution is 5.87. The first-order valence-electron chi connectivity index (χ1n) is 14.9. The monoisotopic (exact) mass is 549 g/mol. The summed E-state index contributed by atoms with van der Waals surface area (Å²) in [5.41, 5.74) is 4.56. The molecule has 2 atom stereocenters. The Morgan fingerprint density at radius 2 is 1.82 bits per heavy atom. The van der Waals surface area contributed by atoms with Crippen LogP contribution in [0.15, 0.2) is 59.5 Å². The van der Waals surface area contributed by atoms with Crippen LogP contribution >= 0.6 is 0 Å². The fourth-order valence-corrected chi connectivity index (χ4v) is 5.12. The number of amides is 1. The second kappa shape index (κ2) is 17.0. The van der Waals surface area contributed by atoms with E-state index in [1.165, 1.54) is 0 Å². The maximum atomic E-state index is 13.2. The van der Waals surface area contributed by atoms with E-state index in [1.807, 2.05) is 36.4 Å². The Labute approximate surface area is 239 Å². The third kappa shape index (κ3) is 8.79. The fourth-order valence-electron chi connectivity index (χ4n) is 5.12. The smallest absolute Gasteiger partial charge is 0.227 e. The number of unbranched alkanes of at least 4 members (excludes halogenated alkanes) is 4. The van der Waals surface area contributed by atoms with Crippen LogP contribution in [0.25, 0.3) is 11.0 Å². The van der Waals surface area contributed by atoms with Gasteiger partial charge in [-0.3, -0.25) is 4.79 Å². The van der Waals surface area contributed by atoms with E-state index in [0.29, 0.717) is 18.6 Å². The first-order valence-corrected chi connectivity index (χ1v) is 14.9. The van der Waals surface area contributed by atoms with Gasteiger partial charge in [-0.1, -0.05) is 69.2 Å². The van der Waals surface area contributed by atoms with Gasteiger partial charge in [0, 0.05) is 18.4 Å². The predicted molar refractivity (Wildman–Crippen MR) is 161 cm³/mol. The van der Waals surface area contributed by atoms with Gasteiger partial charge in [-0.2, -0.15) is 0 Å². The average molecular weight is 550 g/mol. The molecule has 0 saturated carbocycles. The van der Waals surface area contributed by atoms with E-state index in [2.05, 4.69) is 37.9 Å². The van der Waals surface area contributed by atoms with Gasteiger partial charge < -0.3 is 24.7 Å². The molecule has 1 amide bonds. The molecule has 218 valence electrons. The largest absolute Gasteiger partial charge is 0.460 e. The Balaban J connectivity index is 2.05. The average Bonchev–Trinajstić information content (AvgIpc) is 3.35. The van der Waals surface area contributed by atoms with Crippen LogP contribution < -0.4 is 5.32 Å². The third-order valence-electron chi connectivity index (χ3n) is 7.29. The van der Waals surface area contributed by atoms with E-state index in [9.17, 15) is 15.0 Å². The molecule has 3 aromatic rings. The SMILES string of the molecule is C=CCCCCOC(O)c1c(CCCC)oc2c(CCCC)cc(CC(C(=O)NCCO)c3ccccc3)cc12. The molecule has 2 aromatic carbocycles. The predicted octanol–water partition coefficient (Wildman–Crippen LogP) is 6.92. The number of hydrogen-bond acceptors (Lipinski definition) is 5. The summed E-state index contributed by atoms with van der Waals surface area (Å²) >= 11 is 0. The van der Waals surface area contributed by atoms with Crippen molar-refractivity contribution in [2.24, 2.45) is 0 Å². The Morgan fingerprint density at radius 1 is 1.07 bits per heavy atom. The van der Waals surface area contributed by atoms with E-state index in [1.54, 1.807) is 0 Å². The summed E-state index contributed by atoms with van der Waals surface area (Å²) in [5, 5.41) is 24.3. The van der Waals surface area contributed by atoms with E-state index >= 15 is 0 Å². The van der Waals surface area contributed by atoms with Gasteiger partial charge in [-0.15, -0.1) is 6.58 Å². The Bertz CT molecular complexity index is 1190. The summed E-state index contributed by atoms with van der Waals surface area (Å²) < 4.78 is 12.4. The number of aliphatic hydroxyl groups is 2. The summed E-state index contributed by atoms with van der Waals surface area (Å²) in [6, 6.07) is 14.0. The van der Waals surface area contributed by atoms with Crippen LogP contribution in [0.2, 0.25) is 0 Å². The van der Waals surface area contributed by atoms with Crippen LogP contribution in [0.4, 0.5) is 0 Å². The van der Waals surface area contributed by atoms with Gasteiger partial charge in [0.25, 0.3) is 0 Å². The number of aliphatic hydroxyl groups excluding tert-OH is 2. The van der Waals surface area contributed by atoms with Crippen molar-refractivity contribution < 1.29 is 24.2 Å². The number of furan rings is 1. The van der Waals surface area contributed by atoms with Crippen LogP contribution in [0.3, 0.4) is 0 Å². The quantitative estimate of drug-likeness (QED) is 0.0858. The lowest BCUT2D eigenvalue weighted by Gasteiger charge is -2.18. The van der Waals surface area contributed by atoms with Gasteiger partial charge in [-0.25, -0.2) is 0 Å². The van der Waals surface area contributed by atoms with Gasteiger partial charge >= 0.3 is 0 Å². The van der Waals surface area contributed by atoms with Crippen molar-refractivity contribution in [2.75, 3.05) is 19.8 Å². The molecule has 0 spiro atoms. The molecule has 1 heterocycles. The van der Waals surface area contributed by atoms with Crippen molar-refractivity contribution in [3.63, 3.8) is 0 Å². The molecular weight excluding hydrogens is 502 g/mol. The molecule has 3 N–H and O–H groups in total. The van der Waals surface area contributed by atoms with Gasteiger partial charge in [0.2, 0.25) is 5.91 Å². The number of fused-ring (bicyclic) bond motifs is 1. The summed E-state index contributed by atoms with van der Waals surface area (Å²) in [6.45, 7) is 8.65. The minimum atomic E-state index is -1.08. The second-order valence-electron chi connectivity index (χ2n) is 10.5. The molecular formula is C34H47NO5. The fraction of sp³-hybridized carbons (Fsp3) is 0.500. The Morgan fingerprint density at radius 3 is 2.52 bits per heavy atom. The number of nitrogens with one attached hydrogen (secondary N) is 1. The highest BCUT2D eigenvalue weighted by Gasteiger charge is 2.26. The first kappa shape index (κ1) is 31.6. The van der Waals surface area contributed by atoms with Gasteiger partial charge in [0.1, 0.15) is 11.3 Å². The minimum absolute atomic E-state index is 0.106. The first-order chi connectivity index (χ1) is 19.5. The number of aryl methyl sites for hydroxylation is 2. The number of benzene rings is 2. The molecule has 0 aliphatic carbocycles. The highest BCUT2D eigenvalue weighted by Crippen LogP contribution is 2.37. The van der Waals surface area contributed by atoms with E-state index in [4.69, 9.17) is 9.15 Å². The number of allylic oxidation sites excluding steroid dienone is 1. The van der Waals surface area contributed by atoms with E-state index in [-0.39, 0.29) is 19.1 Å². The number of hydrogen-bond donors (Lipinski definition) is 3. The van der Waals surface area contributed by atoms with Crippen molar-refractivity contribution >= 4 is 16.9 Å². The van der Waals surface area contributed by atoms with Gasteiger partial charge in [0.05, 0.1) is 24.7 Å². The lowest BCUT2D eigenvalue weighted by molar-refractivity contribution is -0.122. The molecule has 0 radical (unpaired) electrons. The molecule has 0 aliphatic rings. The van der Waals surface area contributed by atoms with Crippen LogP contribution in [0, 0.1) is 0 Å². The van der Waals surface area contributed by atoms with Crippen molar-refractivity contribution in [2.45, 2.75) is 90.3 Å². The molecule has 0 bridgehead atoms. The Kier molecular flexibility index (Phi) is 13.4. The molecule has 1 aromatic heterocycles. The third-order valence-corrected chi connectivity index (χ3v) is 7.29. The van der Waals surface area contributed by atoms with Crippen LogP contribution in [-0.4, -0.2) is 35.9 Å². The Hall–Kier alpha value is -2.93. The molecule has 3 rings (SSSR count). The normalized spacial score (nSPS) is 12.9. The molecule has 0 fully saturated rings. The zero-order chi connectivity index (χ0) is 28.7. The zero-order valence-corrected chi connectivity index (χ0v) is 24.3. The summed E-state index contributed by atoms with van der Waals surface area (Å²) in [5.74, 6) is 0.255. The molecule has 0 saturated heterocycles. The summed E-state index contributed by atoms with van der Waals surface area (Å²) in [7, 11) is 0. The van der Waals surface area contributed by atoms with E-state index < -0.39 is 12.2 Å². The zero-order valence-electron chi connectivity index (χ0n) is 24.3. The topological polar surface area (TPSA) is 91.9 Å². The van der Waals surface area contributed by atoms with Gasteiger partial charge in [-0.05, 0) is 67.7 Å².